The number of nitro benzene ring substituents is 1. The van der Waals surface area contributed by atoms with Gasteiger partial charge in [-0.1, -0.05) is 29.3 Å². The summed E-state index contributed by atoms with van der Waals surface area (Å²) in [4.78, 5) is 9.75. The summed E-state index contributed by atoms with van der Waals surface area (Å²) in [5.74, 6) is -0.869. The Morgan fingerprint density at radius 1 is 1.20 bits per heavy atom. The van der Waals surface area contributed by atoms with Gasteiger partial charge in [0.15, 0.2) is 0 Å². The topological polar surface area (TPSA) is 55.2 Å². The zero-order valence-corrected chi connectivity index (χ0v) is 11.6. The minimum absolute atomic E-state index is 0.273. The predicted octanol–water partition coefficient (Wildman–Crippen LogP) is 4.65. The molecule has 4 nitrogen and oxygen atoms in total. The number of hydrogen-bond acceptors (Lipinski definition) is 3. The van der Waals surface area contributed by atoms with E-state index in [-0.39, 0.29) is 6.54 Å². The Morgan fingerprint density at radius 3 is 2.60 bits per heavy atom. The normalized spacial score (nSPS) is 10.3. The van der Waals surface area contributed by atoms with Crippen LogP contribution in [0.2, 0.25) is 10.0 Å². The van der Waals surface area contributed by atoms with Gasteiger partial charge in [0.1, 0.15) is 0 Å². The van der Waals surface area contributed by atoms with Gasteiger partial charge < -0.3 is 5.32 Å². The molecular formula is C13H9Cl2FN2O2. The highest BCUT2D eigenvalue weighted by molar-refractivity contribution is 6.35. The molecule has 0 spiro atoms. The van der Waals surface area contributed by atoms with E-state index < -0.39 is 16.4 Å². The lowest BCUT2D eigenvalue weighted by Gasteiger charge is -2.09. The fraction of sp³-hybridized carbons (Fsp3) is 0.0769. The van der Waals surface area contributed by atoms with Crippen molar-refractivity contribution in [2.75, 3.05) is 5.32 Å². The Labute approximate surface area is 124 Å². The van der Waals surface area contributed by atoms with E-state index in [2.05, 4.69) is 5.32 Å². The Hall–Kier alpha value is -1.85. The van der Waals surface area contributed by atoms with Crippen LogP contribution in [0, 0.1) is 15.9 Å². The highest BCUT2D eigenvalue weighted by atomic mass is 35.5. The molecular weight excluding hydrogens is 306 g/mol. The van der Waals surface area contributed by atoms with Gasteiger partial charge in [-0.2, -0.15) is 4.39 Å². The first-order chi connectivity index (χ1) is 9.47. The fourth-order valence-electron chi connectivity index (χ4n) is 1.64. The SMILES string of the molecule is O=[N+]([O-])c1ccc(CNc2cc(Cl)ccc2Cl)cc1F. The maximum Gasteiger partial charge on any atom is 0.304 e. The summed E-state index contributed by atoms with van der Waals surface area (Å²) in [7, 11) is 0. The van der Waals surface area contributed by atoms with Crippen LogP contribution in [-0.4, -0.2) is 4.92 Å². The molecule has 2 aromatic rings. The van der Waals surface area contributed by atoms with E-state index in [0.717, 1.165) is 12.1 Å². The number of halogens is 3. The third kappa shape index (κ3) is 3.37. The number of nitrogens with one attached hydrogen (secondary N) is 1. The minimum atomic E-state index is -0.869. The summed E-state index contributed by atoms with van der Waals surface area (Å²) in [5.41, 5.74) is 0.622. The second-order valence-electron chi connectivity index (χ2n) is 4.02. The second kappa shape index (κ2) is 6.07. The van der Waals surface area contributed by atoms with Gasteiger partial charge in [-0.05, 0) is 29.8 Å². The number of benzene rings is 2. The lowest BCUT2D eigenvalue weighted by Crippen LogP contribution is -2.01. The fourth-order valence-corrected chi connectivity index (χ4v) is 2.00. The van der Waals surface area contributed by atoms with Crippen molar-refractivity contribution in [2.45, 2.75) is 6.54 Å². The molecule has 0 aliphatic heterocycles. The van der Waals surface area contributed by atoms with Crippen LogP contribution in [0.15, 0.2) is 36.4 Å². The maximum absolute atomic E-state index is 13.5. The molecule has 0 amide bonds. The van der Waals surface area contributed by atoms with Crippen LogP contribution in [-0.2, 0) is 6.54 Å². The van der Waals surface area contributed by atoms with Crippen LogP contribution < -0.4 is 5.32 Å². The first kappa shape index (κ1) is 14.6. The van der Waals surface area contributed by atoms with Crippen molar-refractivity contribution in [1.29, 1.82) is 0 Å². The van der Waals surface area contributed by atoms with E-state index in [0.29, 0.717) is 21.3 Å². The molecule has 0 fully saturated rings. The van der Waals surface area contributed by atoms with Gasteiger partial charge in [0.2, 0.25) is 5.82 Å². The summed E-state index contributed by atoms with van der Waals surface area (Å²) < 4.78 is 13.5. The van der Waals surface area contributed by atoms with E-state index in [1.807, 2.05) is 0 Å². The van der Waals surface area contributed by atoms with Crippen molar-refractivity contribution < 1.29 is 9.31 Å². The quantitative estimate of drug-likeness (QED) is 0.660. The zero-order valence-electron chi connectivity index (χ0n) is 10.1. The largest absolute Gasteiger partial charge is 0.380 e. The van der Waals surface area contributed by atoms with Crippen LogP contribution in [0.4, 0.5) is 15.8 Å². The van der Waals surface area contributed by atoms with Crippen LogP contribution >= 0.6 is 23.2 Å². The van der Waals surface area contributed by atoms with Crippen molar-refractivity contribution in [2.24, 2.45) is 0 Å². The van der Waals surface area contributed by atoms with Gasteiger partial charge in [0.25, 0.3) is 0 Å². The minimum Gasteiger partial charge on any atom is -0.380 e. The Balaban J connectivity index is 2.13. The summed E-state index contributed by atoms with van der Waals surface area (Å²) in [5, 5.41) is 14.5. The molecule has 20 heavy (non-hydrogen) atoms. The average Bonchev–Trinajstić information content (AvgIpc) is 2.39. The van der Waals surface area contributed by atoms with Crippen molar-refractivity contribution in [3.63, 3.8) is 0 Å². The molecule has 7 heteroatoms. The molecule has 2 aromatic carbocycles. The molecule has 2 rings (SSSR count). The monoisotopic (exact) mass is 314 g/mol. The van der Waals surface area contributed by atoms with Gasteiger partial charge in [-0.15, -0.1) is 0 Å². The van der Waals surface area contributed by atoms with Crippen molar-refractivity contribution >= 4 is 34.6 Å². The second-order valence-corrected chi connectivity index (χ2v) is 4.86. The van der Waals surface area contributed by atoms with Crippen molar-refractivity contribution in [1.82, 2.24) is 0 Å². The van der Waals surface area contributed by atoms with E-state index in [4.69, 9.17) is 23.2 Å². The molecule has 0 bridgehead atoms. The van der Waals surface area contributed by atoms with E-state index in [9.17, 15) is 14.5 Å². The Kier molecular flexibility index (Phi) is 4.42. The lowest BCUT2D eigenvalue weighted by atomic mass is 10.2. The summed E-state index contributed by atoms with van der Waals surface area (Å²) in [6.07, 6.45) is 0. The van der Waals surface area contributed by atoms with Gasteiger partial charge in [0, 0.05) is 17.6 Å². The van der Waals surface area contributed by atoms with Crippen LogP contribution in [0.3, 0.4) is 0 Å². The van der Waals surface area contributed by atoms with Crippen molar-refractivity contribution in [3.8, 4) is 0 Å². The molecule has 0 aromatic heterocycles. The molecule has 0 aliphatic rings. The lowest BCUT2D eigenvalue weighted by molar-refractivity contribution is -0.387. The van der Waals surface area contributed by atoms with Gasteiger partial charge in [0.05, 0.1) is 15.6 Å². The molecule has 0 atom stereocenters. The number of rotatable bonds is 4. The van der Waals surface area contributed by atoms with E-state index in [1.54, 1.807) is 18.2 Å². The molecule has 0 unspecified atom stereocenters. The smallest absolute Gasteiger partial charge is 0.304 e. The number of anilines is 1. The molecule has 104 valence electrons. The molecule has 0 saturated heterocycles. The molecule has 0 saturated carbocycles. The van der Waals surface area contributed by atoms with Crippen LogP contribution in [0.1, 0.15) is 5.56 Å². The van der Waals surface area contributed by atoms with Gasteiger partial charge >= 0.3 is 5.69 Å². The Morgan fingerprint density at radius 2 is 1.95 bits per heavy atom. The first-order valence-corrected chi connectivity index (χ1v) is 6.34. The third-order valence-corrected chi connectivity index (χ3v) is 3.18. The standard InChI is InChI=1S/C13H9Cl2FN2O2/c14-9-2-3-10(15)12(6-9)17-7-8-1-4-13(18(19)20)11(16)5-8/h1-6,17H,7H2. The van der Waals surface area contributed by atoms with Crippen LogP contribution in [0.25, 0.3) is 0 Å². The van der Waals surface area contributed by atoms with Crippen molar-refractivity contribution in [3.05, 3.63) is 67.9 Å². The van der Waals surface area contributed by atoms with E-state index in [1.165, 1.54) is 6.07 Å². The first-order valence-electron chi connectivity index (χ1n) is 5.59. The van der Waals surface area contributed by atoms with E-state index >= 15 is 0 Å². The zero-order chi connectivity index (χ0) is 14.7. The van der Waals surface area contributed by atoms with Gasteiger partial charge in [-0.25, -0.2) is 0 Å². The Bertz CT molecular complexity index is 665. The molecule has 0 heterocycles. The number of hydrogen-bond donors (Lipinski definition) is 1. The molecule has 1 N–H and O–H groups in total. The maximum atomic E-state index is 13.5. The summed E-state index contributed by atoms with van der Waals surface area (Å²) in [6.45, 7) is 0.273. The average molecular weight is 315 g/mol. The molecule has 0 aliphatic carbocycles. The van der Waals surface area contributed by atoms with Crippen LogP contribution in [0.5, 0.6) is 0 Å². The summed E-state index contributed by atoms with van der Waals surface area (Å²) in [6, 6.07) is 8.66. The number of nitro groups is 1. The highest BCUT2D eigenvalue weighted by Gasteiger charge is 2.13. The van der Waals surface area contributed by atoms with Gasteiger partial charge in [-0.3, -0.25) is 10.1 Å². The number of nitrogens with zero attached hydrogens (tertiary/aromatic N) is 1. The summed E-state index contributed by atoms with van der Waals surface area (Å²) >= 11 is 11.8. The highest BCUT2D eigenvalue weighted by Crippen LogP contribution is 2.26. The molecule has 0 radical (unpaired) electrons. The third-order valence-electron chi connectivity index (χ3n) is 2.62. The predicted molar refractivity (Wildman–Crippen MR) is 76.8 cm³/mol.